The number of methoxy groups -OCH3 is 1. The summed E-state index contributed by atoms with van der Waals surface area (Å²) in [5.41, 5.74) is 2.89. The molecule has 2 aromatic heterocycles. The van der Waals surface area contributed by atoms with E-state index in [2.05, 4.69) is 4.98 Å². The fraction of sp³-hybridized carbons (Fsp3) is 0.304. The largest absolute Gasteiger partial charge is 0.478 e. The lowest BCUT2D eigenvalue weighted by Crippen LogP contribution is -2.48. The van der Waals surface area contributed by atoms with E-state index in [0.29, 0.717) is 24.5 Å². The van der Waals surface area contributed by atoms with E-state index in [1.165, 1.54) is 23.3 Å². The quantitative estimate of drug-likeness (QED) is 0.380. The first-order valence-electron chi connectivity index (χ1n) is 10.2. The van der Waals surface area contributed by atoms with Gasteiger partial charge in [-0.1, -0.05) is 13.0 Å². The van der Waals surface area contributed by atoms with Crippen LogP contribution in [0.15, 0.2) is 48.0 Å². The molecule has 32 heavy (non-hydrogen) atoms. The zero-order chi connectivity index (χ0) is 22.5. The minimum atomic E-state index is -0.643. The highest BCUT2D eigenvalue weighted by molar-refractivity contribution is 7.13. The monoisotopic (exact) mass is 453 g/mol. The lowest BCUT2D eigenvalue weighted by molar-refractivity contribution is -0.144. The molecule has 1 aromatic carbocycles. The molecule has 0 N–H and O–H groups in total. The summed E-state index contributed by atoms with van der Waals surface area (Å²) >= 11 is 1.49. The van der Waals surface area contributed by atoms with Gasteiger partial charge in [-0.05, 0) is 36.8 Å². The first-order valence-corrected chi connectivity index (χ1v) is 11.1. The van der Waals surface area contributed by atoms with E-state index in [4.69, 9.17) is 19.2 Å². The van der Waals surface area contributed by atoms with Crippen molar-refractivity contribution in [3.63, 3.8) is 0 Å². The maximum atomic E-state index is 13.0. The Labute approximate surface area is 189 Å². The smallest absolute Gasteiger partial charge is 0.326 e. The molecular weight excluding hydrogens is 430 g/mol. The number of esters is 1. The average Bonchev–Trinajstić information content (AvgIpc) is 3.31. The van der Waals surface area contributed by atoms with Gasteiger partial charge >= 0.3 is 5.97 Å². The summed E-state index contributed by atoms with van der Waals surface area (Å²) in [6, 6.07) is 11.2. The Kier molecular flexibility index (Phi) is 6.77. The van der Waals surface area contributed by atoms with Crippen molar-refractivity contribution in [2.24, 2.45) is 0 Å². The highest BCUT2D eigenvalue weighted by Crippen LogP contribution is 2.39. The van der Waals surface area contributed by atoms with Crippen LogP contribution in [0.5, 0.6) is 5.75 Å². The van der Waals surface area contributed by atoms with Crippen LogP contribution >= 0.6 is 11.3 Å². The Balaban J connectivity index is 1.63. The van der Waals surface area contributed by atoms with Crippen LogP contribution < -0.4 is 9.64 Å². The van der Waals surface area contributed by atoms with Gasteiger partial charge in [0, 0.05) is 24.3 Å². The van der Waals surface area contributed by atoms with Crippen molar-refractivity contribution in [3.8, 4) is 27.7 Å². The molecule has 9 heteroatoms. The zero-order valence-electron chi connectivity index (χ0n) is 17.8. The predicted octanol–water partition coefficient (Wildman–Crippen LogP) is 3.57. The molecule has 1 aliphatic heterocycles. The number of carbonyl (C=O) groups excluding carboxylic acids is 2. The van der Waals surface area contributed by atoms with Crippen LogP contribution in [0.4, 0.5) is 5.69 Å². The second-order valence-corrected chi connectivity index (χ2v) is 7.95. The van der Waals surface area contributed by atoms with Crippen molar-refractivity contribution in [2.75, 3.05) is 31.8 Å². The van der Waals surface area contributed by atoms with Crippen molar-refractivity contribution in [1.29, 1.82) is 0 Å². The molecule has 3 aromatic rings. The van der Waals surface area contributed by atoms with Crippen LogP contribution in [0.1, 0.15) is 13.3 Å². The number of thiazole rings is 1. The fourth-order valence-electron chi connectivity index (χ4n) is 3.33. The summed E-state index contributed by atoms with van der Waals surface area (Å²) in [5.74, 6) is -0.229. The summed E-state index contributed by atoms with van der Waals surface area (Å²) in [4.78, 5) is 35.8. The van der Waals surface area contributed by atoms with E-state index in [9.17, 15) is 9.59 Å². The van der Waals surface area contributed by atoms with E-state index in [1.807, 2.05) is 48.7 Å². The van der Waals surface area contributed by atoms with Crippen molar-refractivity contribution in [2.45, 2.75) is 19.4 Å². The molecule has 0 radical (unpaired) electrons. The maximum absolute atomic E-state index is 13.0. The molecule has 0 bridgehead atoms. The number of fused-ring (bicyclic) bond motifs is 1. The number of hydrogen-bond acceptors (Lipinski definition) is 8. The summed E-state index contributed by atoms with van der Waals surface area (Å²) in [6.45, 7) is 2.09. The van der Waals surface area contributed by atoms with Gasteiger partial charge < -0.3 is 14.2 Å². The number of ether oxygens (including phenoxy) is 3. The number of pyridine rings is 1. The number of nitrogens with zero attached hydrogens (tertiary/aromatic N) is 3. The van der Waals surface area contributed by atoms with Gasteiger partial charge in [0.2, 0.25) is 0 Å². The molecule has 0 saturated carbocycles. The third-order valence-electron chi connectivity index (χ3n) is 4.95. The van der Waals surface area contributed by atoms with Gasteiger partial charge in [-0.3, -0.25) is 19.5 Å². The maximum Gasteiger partial charge on any atom is 0.326 e. The summed E-state index contributed by atoms with van der Waals surface area (Å²) < 4.78 is 16.0. The molecule has 0 spiro atoms. The highest BCUT2D eigenvalue weighted by atomic mass is 32.1. The lowest BCUT2D eigenvalue weighted by Gasteiger charge is -2.33. The Morgan fingerprint density at radius 1 is 1.22 bits per heavy atom. The SMILES string of the molecule is CCC1Oc2ccc(-c3csc(-c4ccccn4)n3)cc2N(CC(=O)OCCOC)C1=O. The Morgan fingerprint density at radius 2 is 2.09 bits per heavy atom. The van der Waals surface area contributed by atoms with E-state index in [-0.39, 0.29) is 19.1 Å². The van der Waals surface area contributed by atoms with Gasteiger partial charge in [0.05, 0.1) is 23.7 Å². The number of hydrogen-bond donors (Lipinski definition) is 0. The molecule has 8 nitrogen and oxygen atoms in total. The molecule has 4 rings (SSSR count). The van der Waals surface area contributed by atoms with Gasteiger partial charge in [-0.25, -0.2) is 4.98 Å². The number of rotatable bonds is 8. The minimum absolute atomic E-state index is 0.132. The molecule has 0 fully saturated rings. The minimum Gasteiger partial charge on any atom is -0.478 e. The third-order valence-corrected chi connectivity index (χ3v) is 5.82. The number of aromatic nitrogens is 2. The molecule has 1 amide bonds. The van der Waals surface area contributed by atoms with Crippen LogP contribution in [-0.4, -0.2) is 54.8 Å². The summed E-state index contributed by atoms with van der Waals surface area (Å²) in [5, 5.41) is 2.74. The fourth-order valence-corrected chi connectivity index (χ4v) is 4.14. The highest BCUT2D eigenvalue weighted by Gasteiger charge is 2.35. The standard InChI is InChI=1S/C23H23N3O5S/c1-3-19-23(28)26(13-21(27)30-11-10-29-2)18-12-15(7-8-20(18)31-19)17-14-32-22(25-17)16-6-4-5-9-24-16/h4-9,12,14,19H,3,10-11,13H2,1-2H3. The molecule has 0 saturated heterocycles. The molecule has 3 heterocycles. The van der Waals surface area contributed by atoms with Crippen molar-refractivity contribution >= 4 is 28.9 Å². The van der Waals surface area contributed by atoms with E-state index < -0.39 is 12.1 Å². The van der Waals surface area contributed by atoms with Gasteiger partial charge in [0.15, 0.2) is 6.10 Å². The number of carbonyl (C=O) groups is 2. The van der Waals surface area contributed by atoms with Crippen LogP contribution in [0, 0.1) is 0 Å². The van der Waals surface area contributed by atoms with Crippen LogP contribution in [0.25, 0.3) is 22.0 Å². The van der Waals surface area contributed by atoms with Gasteiger partial charge in [-0.2, -0.15) is 0 Å². The number of anilines is 1. The van der Waals surface area contributed by atoms with E-state index in [1.54, 1.807) is 6.20 Å². The predicted molar refractivity (Wildman–Crippen MR) is 121 cm³/mol. The van der Waals surface area contributed by atoms with Gasteiger partial charge in [-0.15, -0.1) is 11.3 Å². The molecule has 1 unspecified atom stereocenters. The van der Waals surface area contributed by atoms with Gasteiger partial charge in [0.25, 0.3) is 5.91 Å². The first-order chi connectivity index (χ1) is 15.6. The average molecular weight is 454 g/mol. The Hall–Kier alpha value is -3.30. The van der Waals surface area contributed by atoms with E-state index >= 15 is 0 Å². The van der Waals surface area contributed by atoms with Crippen molar-refractivity contribution in [1.82, 2.24) is 9.97 Å². The van der Waals surface area contributed by atoms with Crippen LogP contribution in [0.3, 0.4) is 0 Å². The molecule has 0 aliphatic carbocycles. The second kappa shape index (κ2) is 9.88. The number of amides is 1. The third kappa shape index (κ3) is 4.63. The van der Waals surface area contributed by atoms with Crippen LogP contribution in [-0.2, 0) is 19.1 Å². The Morgan fingerprint density at radius 3 is 2.84 bits per heavy atom. The number of benzene rings is 1. The second-order valence-electron chi connectivity index (χ2n) is 7.09. The van der Waals surface area contributed by atoms with Crippen LogP contribution in [0.2, 0.25) is 0 Å². The molecule has 166 valence electrons. The molecule has 1 aliphatic rings. The lowest BCUT2D eigenvalue weighted by atomic mass is 10.1. The first kappa shape index (κ1) is 21.9. The topological polar surface area (TPSA) is 90.9 Å². The molecular formula is C23H23N3O5S. The zero-order valence-corrected chi connectivity index (χ0v) is 18.6. The normalized spacial score (nSPS) is 15.2. The molecule has 1 atom stereocenters. The van der Waals surface area contributed by atoms with Crippen molar-refractivity contribution < 1.29 is 23.8 Å². The van der Waals surface area contributed by atoms with Gasteiger partial charge in [0.1, 0.15) is 23.9 Å². The Bertz CT molecular complexity index is 1100. The summed E-state index contributed by atoms with van der Waals surface area (Å²) in [7, 11) is 1.53. The van der Waals surface area contributed by atoms with E-state index in [0.717, 1.165) is 22.0 Å². The summed E-state index contributed by atoms with van der Waals surface area (Å²) in [6.07, 6.45) is 1.58. The van der Waals surface area contributed by atoms with Crippen molar-refractivity contribution in [3.05, 3.63) is 48.0 Å².